The van der Waals surface area contributed by atoms with Gasteiger partial charge in [0, 0.05) is 18.5 Å². The van der Waals surface area contributed by atoms with E-state index in [4.69, 9.17) is 10.5 Å². The summed E-state index contributed by atoms with van der Waals surface area (Å²) in [6.07, 6.45) is 5.28. The summed E-state index contributed by atoms with van der Waals surface area (Å²) in [6.45, 7) is 7.44. The van der Waals surface area contributed by atoms with Crippen LogP contribution in [0.4, 0.5) is 0 Å². The van der Waals surface area contributed by atoms with Crippen LogP contribution in [0.25, 0.3) is 5.57 Å². The molecule has 0 radical (unpaired) electrons. The fraction of sp³-hybridized carbons (Fsp3) is 0.250. The highest BCUT2D eigenvalue weighted by atomic mass is 16.5. The lowest BCUT2D eigenvalue weighted by atomic mass is 10.0. The Morgan fingerprint density at radius 2 is 1.82 bits per heavy atom. The van der Waals surface area contributed by atoms with Gasteiger partial charge < -0.3 is 20.9 Å². The van der Waals surface area contributed by atoms with Crippen LogP contribution < -0.4 is 11.1 Å². The number of allylic oxidation sites excluding steroid dienone is 3. The van der Waals surface area contributed by atoms with E-state index in [0.29, 0.717) is 29.2 Å². The summed E-state index contributed by atoms with van der Waals surface area (Å²) in [4.78, 5) is 0. The number of aromatic hydroxyl groups is 1. The maximum Gasteiger partial charge on any atom is 0.142 e. The van der Waals surface area contributed by atoms with Gasteiger partial charge in [0.05, 0.1) is 12.3 Å². The van der Waals surface area contributed by atoms with Crippen LogP contribution in [-0.2, 0) is 17.7 Å². The Labute approximate surface area is 168 Å². The van der Waals surface area contributed by atoms with E-state index in [0.717, 1.165) is 19.4 Å². The Hall–Kier alpha value is -2.98. The number of phenolic OH excluding ortho intramolecular Hbond substituents is 1. The van der Waals surface area contributed by atoms with Crippen molar-refractivity contribution in [3.8, 4) is 5.75 Å². The number of hydrogen-bond acceptors (Lipinski definition) is 4. The first kappa shape index (κ1) is 21.3. The summed E-state index contributed by atoms with van der Waals surface area (Å²) in [7, 11) is 1.94. The fourth-order valence-corrected chi connectivity index (χ4v) is 2.82. The molecule has 4 N–H and O–H groups in total. The van der Waals surface area contributed by atoms with Crippen LogP contribution in [-0.4, -0.2) is 18.8 Å². The summed E-state index contributed by atoms with van der Waals surface area (Å²) in [5.41, 5.74) is 10.5. The molecular formula is C24H30N2O2. The molecule has 28 heavy (non-hydrogen) atoms. The largest absolute Gasteiger partial charge is 0.507 e. The van der Waals surface area contributed by atoms with Gasteiger partial charge in [0.15, 0.2) is 0 Å². The second-order valence-corrected chi connectivity index (χ2v) is 6.56. The van der Waals surface area contributed by atoms with Crippen LogP contribution in [0.3, 0.4) is 0 Å². The van der Waals surface area contributed by atoms with E-state index >= 15 is 0 Å². The zero-order valence-electron chi connectivity index (χ0n) is 16.7. The molecule has 2 aromatic carbocycles. The molecule has 0 atom stereocenters. The smallest absolute Gasteiger partial charge is 0.142 e. The van der Waals surface area contributed by atoms with E-state index in [-0.39, 0.29) is 5.75 Å². The summed E-state index contributed by atoms with van der Waals surface area (Å²) in [5, 5.41) is 13.2. The molecule has 0 heterocycles. The number of nitrogens with two attached hydrogens (primary N) is 1. The molecule has 0 aliphatic carbocycles. The van der Waals surface area contributed by atoms with Crippen molar-refractivity contribution >= 4 is 5.57 Å². The highest BCUT2D eigenvalue weighted by Crippen LogP contribution is 2.26. The normalized spacial score (nSPS) is 12.1. The molecule has 4 nitrogen and oxygen atoms in total. The van der Waals surface area contributed by atoms with Gasteiger partial charge in [-0.05, 0) is 42.3 Å². The third-order valence-corrected chi connectivity index (χ3v) is 4.32. The van der Waals surface area contributed by atoms with Gasteiger partial charge in [-0.25, -0.2) is 0 Å². The lowest BCUT2D eigenvalue weighted by Gasteiger charge is -2.13. The molecular weight excluding hydrogens is 348 g/mol. The maximum atomic E-state index is 10.0. The van der Waals surface area contributed by atoms with Crippen molar-refractivity contribution in [2.45, 2.75) is 26.3 Å². The third-order valence-electron chi connectivity index (χ3n) is 4.32. The minimum absolute atomic E-state index is 0.183. The first-order valence-electron chi connectivity index (χ1n) is 9.55. The molecule has 0 spiro atoms. The Morgan fingerprint density at radius 1 is 1.14 bits per heavy atom. The van der Waals surface area contributed by atoms with Crippen molar-refractivity contribution in [3.63, 3.8) is 0 Å². The molecule has 0 saturated carbocycles. The number of hydrogen-bond donors (Lipinski definition) is 3. The van der Waals surface area contributed by atoms with E-state index in [1.54, 1.807) is 18.2 Å². The average Bonchev–Trinajstić information content (AvgIpc) is 2.69. The van der Waals surface area contributed by atoms with Gasteiger partial charge in [0.1, 0.15) is 11.5 Å². The average molecular weight is 379 g/mol. The molecule has 4 heteroatoms. The molecule has 2 aromatic rings. The highest BCUT2D eigenvalue weighted by molar-refractivity contribution is 5.76. The molecule has 0 bridgehead atoms. The van der Waals surface area contributed by atoms with E-state index in [1.165, 1.54) is 11.1 Å². The van der Waals surface area contributed by atoms with E-state index in [9.17, 15) is 5.11 Å². The van der Waals surface area contributed by atoms with Crippen molar-refractivity contribution in [2.24, 2.45) is 5.73 Å². The molecule has 0 aromatic heterocycles. The molecule has 0 saturated heterocycles. The fourth-order valence-electron chi connectivity index (χ4n) is 2.82. The Balaban J connectivity index is 2.08. The minimum Gasteiger partial charge on any atom is -0.507 e. The first-order valence-corrected chi connectivity index (χ1v) is 9.55. The number of rotatable bonds is 10. The second-order valence-electron chi connectivity index (χ2n) is 6.56. The molecule has 148 valence electrons. The molecule has 0 amide bonds. The van der Waals surface area contributed by atoms with Crippen molar-refractivity contribution in [1.29, 1.82) is 0 Å². The number of nitrogens with one attached hydrogen (secondary N) is 1. The number of ether oxygens (including phenoxy) is 1. The van der Waals surface area contributed by atoms with Crippen LogP contribution >= 0.6 is 0 Å². The maximum absolute atomic E-state index is 10.0. The van der Waals surface area contributed by atoms with Crippen LogP contribution in [0, 0.1) is 0 Å². The first-order chi connectivity index (χ1) is 13.5. The monoisotopic (exact) mass is 378 g/mol. The predicted octanol–water partition coefficient (Wildman–Crippen LogP) is 4.52. The second kappa shape index (κ2) is 11.0. The van der Waals surface area contributed by atoms with Crippen molar-refractivity contribution < 1.29 is 9.84 Å². The van der Waals surface area contributed by atoms with Gasteiger partial charge in [0.25, 0.3) is 0 Å². The van der Waals surface area contributed by atoms with E-state index in [2.05, 4.69) is 36.2 Å². The molecule has 0 fully saturated rings. The topological polar surface area (TPSA) is 67.5 Å². The number of benzene rings is 2. The van der Waals surface area contributed by atoms with Crippen LogP contribution in [0.5, 0.6) is 5.75 Å². The number of phenols is 1. The SMILES string of the molecule is C=C(/C=C(OCCc1ccc(CNC)cc1)\C(N)=C\CC)c1ccccc1O. The van der Waals surface area contributed by atoms with Crippen molar-refractivity contribution in [1.82, 2.24) is 5.32 Å². The summed E-state index contributed by atoms with van der Waals surface area (Å²) in [5.74, 6) is 0.754. The minimum atomic E-state index is 0.183. The van der Waals surface area contributed by atoms with Gasteiger partial charge in [-0.15, -0.1) is 0 Å². The van der Waals surface area contributed by atoms with Crippen LogP contribution in [0.1, 0.15) is 30.0 Å². The summed E-state index contributed by atoms with van der Waals surface area (Å²) in [6, 6.07) is 15.6. The molecule has 0 aliphatic heterocycles. The quantitative estimate of drug-likeness (QED) is 0.420. The van der Waals surface area contributed by atoms with E-state index in [1.807, 2.05) is 32.2 Å². The molecule has 0 aliphatic rings. The summed E-state index contributed by atoms with van der Waals surface area (Å²) < 4.78 is 5.98. The lowest BCUT2D eigenvalue weighted by molar-refractivity contribution is 0.223. The lowest BCUT2D eigenvalue weighted by Crippen LogP contribution is -2.08. The van der Waals surface area contributed by atoms with E-state index < -0.39 is 0 Å². The zero-order chi connectivity index (χ0) is 20.4. The Morgan fingerprint density at radius 3 is 2.46 bits per heavy atom. The highest BCUT2D eigenvalue weighted by Gasteiger charge is 2.08. The van der Waals surface area contributed by atoms with Gasteiger partial charge in [0.2, 0.25) is 0 Å². The third kappa shape index (κ3) is 6.32. The van der Waals surface area contributed by atoms with Gasteiger partial charge in [-0.3, -0.25) is 0 Å². The standard InChI is InChI=1S/C24H30N2O2/c1-4-7-22(25)24(16-18(2)21-8-5-6-9-23(21)27)28-15-14-19-10-12-20(13-11-19)17-26-3/h5-13,16,26-27H,2,4,14-15,17,25H2,1,3H3/b22-7-,24-16+. The van der Waals surface area contributed by atoms with Gasteiger partial charge >= 0.3 is 0 Å². The summed E-state index contributed by atoms with van der Waals surface area (Å²) >= 11 is 0. The van der Waals surface area contributed by atoms with Crippen molar-refractivity contribution in [2.75, 3.05) is 13.7 Å². The number of para-hydroxylation sites is 1. The Bertz CT molecular complexity index is 836. The Kier molecular flexibility index (Phi) is 8.37. The van der Waals surface area contributed by atoms with Crippen molar-refractivity contribution in [3.05, 3.63) is 95.4 Å². The molecule has 2 rings (SSSR count). The van der Waals surface area contributed by atoms with Crippen LogP contribution in [0.15, 0.2) is 78.7 Å². The molecule has 0 unspecified atom stereocenters. The predicted molar refractivity (Wildman–Crippen MR) is 117 cm³/mol. The van der Waals surface area contributed by atoms with Gasteiger partial charge in [-0.2, -0.15) is 0 Å². The zero-order valence-corrected chi connectivity index (χ0v) is 16.7. The van der Waals surface area contributed by atoms with Gasteiger partial charge in [-0.1, -0.05) is 62.0 Å². The van der Waals surface area contributed by atoms with Crippen LogP contribution in [0.2, 0.25) is 0 Å².